The highest BCUT2D eigenvalue weighted by Crippen LogP contribution is 2.36. The highest BCUT2D eigenvalue weighted by molar-refractivity contribution is 7.89. The minimum Gasteiger partial charge on any atom is -0.379 e. The predicted molar refractivity (Wildman–Crippen MR) is 121 cm³/mol. The smallest absolute Gasteiger partial charge is 0.243 e. The van der Waals surface area contributed by atoms with Gasteiger partial charge in [-0.1, -0.05) is 32.0 Å². The number of benzene rings is 1. The maximum absolute atomic E-state index is 13.2. The molecule has 3 heterocycles. The number of piperidine rings is 1. The number of nitrogens with zero attached hydrogens (tertiary/aromatic N) is 3. The molecule has 2 saturated heterocycles. The standard InChI is InChI=1S/C24H33N3O3S/c1-20(2)22-5-7-23(8-6-22)31(28,29)27-12-9-24(10-13-27)18-26(14-15-30-19-24)17-21-4-3-11-25-16-21/h3-8,11,16,20H,9-10,12-15,17-19H2,1-2H3. The van der Waals surface area contributed by atoms with Crippen LogP contribution in [0.4, 0.5) is 0 Å². The van der Waals surface area contributed by atoms with E-state index in [-0.39, 0.29) is 5.41 Å². The average molecular weight is 444 g/mol. The van der Waals surface area contributed by atoms with Crippen molar-refractivity contribution in [1.29, 1.82) is 0 Å². The van der Waals surface area contributed by atoms with E-state index in [2.05, 4.69) is 29.8 Å². The molecule has 168 valence electrons. The van der Waals surface area contributed by atoms with Crippen LogP contribution >= 0.6 is 0 Å². The Morgan fingerprint density at radius 3 is 2.48 bits per heavy atom. The molecular formula is C24H33N3O3S. The van der Waals surface area contributed by atoms with E-state index in [4.69, 9.17) is 4.74 Å². The predicted octanol–water partition coefficient (Wildman–Crippen LogP) is 3.51. The van der Waals surface area contributed by atoms with Crippen LogP contribution in [0.25, 0.3) is 0 Å². The summed E-state index contributed by atoms with van der Waals surface area (Å²) in [6, 6.07) is 11.4. The fraction of sp³-hybridized carbons (Fsp3) is 0.542. The quantitative estimate of drug-likeness (QED) is 0.708. The van der Waals surface area contributed by atoms with Gasteiger partial charge in [0.25, 0.3) is 0 Å². The zero-order chi connectivity index (χ0) is 21.9. The molecule has 1 aromatic carbocycles. The first-order chi connectivity index (χ1) is 14.9. The Hall–Kier alpha value is -1.80. The molecule has 0 saturated carbocycles. The molecule has 0 radical (unpaired) electrons. The first-order valence-electron chi connectivity index (χ1n) is 11.2. The second kappa shape index (κ2) is 9.36. The molecule has 0 N–H and O–H groups in total. The van der Waals surface area contributed by atoms with E-state index in [1.54, 1.807) is 22.6 Å². The van der Waals surface area contributed by atoms with E-state index >= 15 is 0 Å². The molecule has 4 rings (SSSR count). The lowest BCUT2D eigenvalue weighted by molar-refractivity contribution is 0.0307. The molecular weight excluding hydrogens is 410 g/mol. The lowest BCUT2D eigenvalue weighted by atomic mass is 9.79. The summed E-state index contributed by atoms with van der Waals surface area (Å²) in [5.74, 6) is 0.386. The van der Waals surface area contributed by atoms with Crippen molar-refractivity contribution in [2.45, 2.75) is 44.0 Å². The molecule has 2 aliphatic heterocycles. The van der Waals surface area contributed by atoms with Crippen LogP contribution in [0.3, 0.4) is 0 Å². The topological polar surface area (TPSA) is 62.7 Å². The summed E-state index contributed by atoms with van der Waals surface area (Å²) < 4.78 is 34.0. The van der Waals surface area contributed by atoms with E-state index in [0.717, 1.165) is 38.0 Å². The van der Waals surface area contributed by atoms with E-state index in [0.29, 0.717) is 37.1 Å². The molecule has 31 heavy (non-hydrogen) atoms. The lowest BCUT2D eigenvalue weighted by Gasteiger charge is -2.42. The minimum absolute atomic E-state index is 0.00618. The van der Waals surface area contributed by atoms with Crippen LogP contribution < -0.4 is 0 Å². The highest BCUT2D eigenvalue weighted by Gasteiger charge is 2.41. The molecule has 2 aromatic rings. The van der Waals surface area contributed by atoms with Gasteiger partial charge in [-0.3, -0.25) is 9.88 Å². The Labute approximate surface area is 186 Å². The molecule has 0 bridgehead atoms. The molecule has 2 fully saturated rings. The second-order valence-corrected chi connectivity index (χ2v) is 11.2. The second-order valence-electron chi connectivity index (χ2n) is 9.25. The Balaban J connectivity index is 1.42. The molecule has 0 amide bonds. The number of aromatic nitrogens is 1. The van der Waals surface area contributed by atoms with Gasteiger partial charge in [-0.05, 0) is 48.1 Å². The van der Waals surface area contributed by atoms with Gasteiger partial charge in [-0.25, -0.2) is 8.42 Å². The molecule has 0 aliphatic carbocycles. The number of pyridine rings is 1. The number of ether oxygens (including phenoxy) is 1. The van der Waals surface area contributed by atoms with Gasteiger partial charge in [0, 0.05) is 50.5 Å². The van der Waals surface area contributed by atoms with Gasteiger partial charge < -0.3 is 4.74 Å². The van der Waals surface area contributed by atoms with Gasteiger partial charge in [0.1, 0.15) is 0 Å². The number of sulfonamides is 1. The van der Waals surface area contributed by atoms with Crippen LogP contribution in [-0.2, 0) is 21.3 Å². The van der Waals surface area contributed by atoms with Crippen LogP contribution in [0.1, 0.15) is 43.7 Å². The third kappa shape index (κ3) is 5.17. The minimum atomic E-state index is -3.46. The summed E-state index contributed by atoms with van der Waals surface area (Å²) in [6.07, 6.45) is 5.35. The summed E-state index contributed by atoms with van der Waals surface area (Å²) in [6.45, 7) is 9.39. The van der Waals surface area contributed by atoms with Crippen molar-refractivity contribution < 1.29 is 13.2 Å². The Morgan fingerprint density at radius 1 is 1.10 bits per heavy atom. The van der Waals surface area contributed by atoms with Crippen LogP contribution in [-0.4, -0.2) is 62.0 Å². The fourth-order valence-corrected chi connectivity index (χ4v) is 6.08. The molecule has 1 spiro atoms. The van der Waals surface area contributed by atoms with Crippen molar-refractivity contribution >= 4 is 10.0 Å². The van der Waals surface area contributed by atoms with Crippen LogP contribution in [0.15, 0.2) is 53.7 Å². The van der Waals surface area contributed by atoms with Crippen molar-refractivity contribution in [2.24, 2.45) is 5.41 Å². The first-order valence-corrected chi connectivity index (χ1v) is 12.6. The van der Waals surface area contributed by atoms with Crippen molar-refractivity contribution in [3.63, 3.8) is 0 Å². The van der Waals surface area contributed by atoms with Gasteiger partial charge in [0.2, 0.25) is 10.0 Å². The monoisotopic (exact) mass is 443 g/mol. The summed E-state index contributed by atoms with van der Waals surface area (Å²) in [4.78, 5) is 7.05. The Kier molecular flexibility index (Phi) is 6.77. The number of hydrogen-bond donors (Lipinski definition) is 0. The average Bonchev–Trinajstić information content (AvgIpc) is 2.96. The highest BCUT2D eigenvalue weighted by atomic mass is 32.2. The molecule has 6 nitrogen and oxygen atoms in total. The largest absolute Gasteiger partial charge is 0.379 e. The summed E-state index contributed by atoms with van der Waals surface area (Å²) in [5, 5.41) is 0. The van der Waals surface area contributed by atoms with E-state index in [1.165, 1.54) is 5.56 Å². The lowest BCUT2D eigenvalue weighted by Crippen LogP contribution is -2.48. The van der Waals surface area contributed by atoms with Crippen LogP contribution in [0.2, 0.25) is 0 Å². The maximum Gasteiger partial charge on any atom is 0.243 e. The fourth-order valence-electron chi connectivity index (χ4n) is 4.64. The van der Waals surface area contributed by atoms with Gasteiger partial charge in [0.15, 0.2) is 0 Å². The van der Waals surface area contributed by atoms with Gasteiger partial charge in [-0.15, -0.1) is 0 Å². The summed E-state index contributed by atoms with van der Waals surface area (Å²) in [5.41, 5.74) is 2.36. The molecule has 7 heteroatoms. The number of hydrogen-bond acceptors (Lipinski definition) is 5. The molecule has 0 unspecified atom stereocenters. The van der Waals surface area contributed by atoms with Crippen molar-refractivity contribution in [1.82, 2.24) is 14.2 Å². The SMILES string of the molecule is CC(C)c1ccc(S(=O)(=O)N2CCC3(CC2)COCCN(Cc2cccnc2)C3)cc1. The van der Waals surface area contributed by atoms with Crippen LogP contribution in [0, 0.1) is 5.41 Å². The first kappa shape index (κ1) is 22.4. The molecule has 0 atom stereocenters. The number of rotatable bonds is 5. The molecule has 1 aromatic heterocycles. The maximum atomic E-state index is 13.2. The van der Waals surface area contributed by atoms with E-state index in [9.17, 15) is 8.42 Å². The van der Waals surface area contributed by atoms with Crippen LogP contribution in [0.5, 0.6) is 0 Å². The normalized spacial score (nSPS) is 20.7. The third-order valence-electron chi connectivity index (χ3n) is 6.62. The van der Waals surface area contributed by atoms with Crippen molar-refractivity contribution in [3.05, 3.63) is 59.9 Å². The van der Waals surface area contributed by atoms with E-state index in [1.807, 2.05) is 24.4 Å². The van der Waals surface area contributed by atoms with Gasteiger partial charge in [0.05, 0.1) is 18.1 Å². The zero-order valence-electron chi connectivity index (χ0n) is 18.5. The van der Waals surface area contributed by atoms with Crippen molar-refractivity contribution in [3.8, 4) is 0 Å². The van der Waals surface area contributed by atoms with Gasteiger partial charge in [-0.2, -0.15) is 4.31 Å². The zero-order valence-corrected chi connectivity index (χ0v) is 19.4. The van der Waals surface area contributed by atoms with Crippen molar-refractivity contribution in [2.75, 3.05) is 39.4 Å². The third-order valence-corrected chi connectivity index (χ3v) is 8.53. The molecule has 2 aliphatic rings. The van der Waals surface area contributed by atoms with Gasteiger partial charge >= 0.3 is 0 Å². The summed E-state index contributed by atoms with van der Waals surface area (Å²) in [7, 11) is -3.46. The van der Waals surface area contributed by atoms with E-state index < -0.39 is 10.0 Å². The Morgan fingerprint density at radius 2 is 1.84 bits per heavy atom. The summed E-state index contributed by atoms with van der Waals surface area (Å²) >= 11 is 0. The Bertz CT molecular complexity index is 953.